The molecule has 5 nitrogen and oxygen atoms in total. The SMILES string of the molecule is N[C@H](C[C@@H](Cc1csc2ccccc12)C(=O)O)C(=O)O. The Bertz CT molecular complexity index is 637. The van der Waals surface area contributed by atoms with Gasteiger partial charge in [-0.25, -0.2) is 0 Å². The quantitative estimate of drug-likeness (QED) is 0.755. The molecule has 0 aliphatic rings. The second kappa shape index (κ2) is 6.02. The van der Waals surface area contributed by atoms with Crippen molar-refractivity contribution in [3.8, 4) is 0 Å². The fraction of sp³-hybridized carbons (Fsp3) is 0.286. The third-order valence-corrected chi connectivity index (χ3v) is 4.24. The van der Waals surface area contributed by atoms with E-state index in [9.17, 15) is 14.7 Å². The Morgan fingerprint density at radius 1 is 1.20 bits per heavy atom. The summed E-state index contributed by atoms with van der Waals surface area (Å²) in [5, 5.41) is 21.0. The largest absolute Gasteiger partial charge is 0.481 e. The first-order chi connectivity index (χ1) is 9.49. The van der Waals surface area contributed by atoms with E-state index in [1.165, 1.54) is 0 Å². The van der Waals surface area contributed by atoms with Crippen molar-refractivity contribution in [2.45, 2.75) is 18.9 Å². The molecule has 20 heavy (non-hydrogen) atoms. The van der Waals surface area contributed by atoms with Crippen LogP contribution in [0.3, 0.4) is 0 Å². The first-order valence-corrected chi connectivity index (χ1v) is 7.03. The van der Waals surface area contributed by atoms with Gasteiger partial charge < -0.3 is 15.9 Å². The monoisotopic (exact) mass is 293 g/mol. The molecule has 0 fully saturated rings. The summed E-state index contributed by atoms with van der Waals surface area (Å²) in [7, 11) is 0. The molecule has 2 aromatic rings. The van der Waals surface area contributed by atoms with Crippen molar-refractivity contribution in [2.24, 2.45) is 11.7 Å². The van der Waals surface area contributed by atoms with Crippen LogP contribution in [0.4, 0.5) is 0 Å². The van der Waals surface area contributed by atoms with Gasteiger partial charge >= 0.3 is 11.9 Å². The lowest BCUT2D eigenvalue weighted by molar-refractivity contribution is -0.143. The predicted molar refractivity (Wildman–Crippen MR) is 76.9 cm³/mol. The number of carboxylic acid groups (broad SMARTS) is 2. The second-order valence-corrected chi connectivity index (χ2v) is 5.59. The third kappa shape index (κ3) is 3.15. The molecule has 6 heteroatoms. The maximum absolute atomic E-state index is 11.3. The van der Waals surface area contributed by atoms with Gasteiger partial charge in [0.2, 0.25) is 0 Å². The van der Waals surface area contributed by atoms with Gasteiger partial charge in [-0.1, -0.05) is 18.2 Å². The van der Waals surface area contributed by atoms with Crippen LogP contribution in [0.25, 0.3) is 10.1 Å². The van der Waals surface area contributed by atoms with Crippen LogP contribution in [0, 0.1) is 5.92 Å². The van der Waals surface area contributed by atoms with Crippen molar-refractivity contribution in [1.29, 1.82) is 0 Å². The van der Waals surface area contributed by atoms with E-state index < -0.39 is 23.9 Å². The van der Waals surface area contributed by atoms with Crippen molar-refractivity contribution in [3.63, 3.8) is 0 Å². The Hall–Kier alpha value is -1.92. The minimum atomic E-state index is -1.17. The molecule has 106 valence electrons. The Morgan fingerprint density at radius 3 is 2.55 bits per heavy atom. The number of carboxylic acids is 2. The number of fused-ring (bicyclic) bond motifs is 1. The van der Waals surface area contributed by atoms with Crippen molar-refractivity contribution in [3.05, 3.63) is 35.2 Å². The highest BCUT2D eigenvalue weighted by Crippen LogP contribution is 2.28. The maximum Gasteiger partial charge on any atom is 0.320 e. The summed E-state index contributed by atoms with van der Waals surface area (Å²) in [6.45, 7) is 0. The average molecular weight is 293 g/mol. The molecule has 0 spiro atoms. The predicted octanol–water partition coefficient (Wildman–Crippen LogP) is 1.95. The Morgan fingerprint density at radius 2 is 1.90 bits per heavy atom. The van der Waals surface area contributed by atoms with Crippen molar-refractivity contribution in [2.75, 3.05) is 0 Å². The number of rotatable bonds is 6. The minimum absolute atomic E-state index is 0.0746. The highest BCUT2D eigenvalue weighted by atomic mass is 32.1. The van der Waals surface area contributed by atoms with Crippen LogP contribution >= 0.6 is 11.3 Å². The van der Waals surface area contributed by atoms with Crippen molar-refractivity contribution in [1.82, 2.24) is 0 Å². The van der Waals surface area contributed by atoms with E-state index in [-0.39, 0.29) is 6.42 Å². The van der Waals surface area contributed by atoms with E-state index >= 15 is 0 Å². The van der Waals surface area contributed by atoms with Gasteiger partial charge in [0.05, 0.1) is 5.92 Å². The zero-order valence-corrected chi connectivity index (χ0v) is 11.5. The number of carbonyl (C=O) groups is 2. The number of benzene rings is 1. The minimum Gasteiger partial charge on any atom is -0.481 e. The second-order valence-electron chi connectivity index (χ2n) is 4.68. The summed E-state index contributed by atoms with van der Waals surface area (Å²) in [6, 6.07) is 6.59. The van der Waals surface area contributed by atoms with Gasteiger partial charge in [0.1, 0.15) is 6.04 Å². The Balaban J connectivity index is 2.20. The molecule has 1 aromatic carbocycles. The van der Waals surface area contributed by atoms with Gasteiger partial charge in [0, 0.05) is 4.70 Å². The van der Waals surface area contributed by atoms with Gasteiger partial charge in [-0.2, -0.15) is 0 Å². The summed E-state index contributed by atoms with van der Waals surface area (Å²) in [4.78, 5) is 22.0. The van der Waals surface area contributed by atoms with E-state index in [4.69, 9.17) is 10.8 Å². The van der Waals surface area contributed by atoms with Gasteiger partial charge in [0.15, 0.2) is 0 Å². The van der Waals surface area contributed by atoms with Gasteiger partial charge in [0.25, 0.3) is 0 Å². The van der Waals surface area contributed by atoms with Crippen LogP contribution < -0.4 is 5.73 Å². The molecule has 1 aromatic heterocycles. The molecule has 0 unspecified atom stereocenters. The number of hydrogen-bond acceptors (Lipinski definition) is 4. The zero-order valence-electron chi connectivity index (χ0n) is 10.7. The zero-order chi connectivity index (χ0) is 14.7. The fourth-order valence-corrected chi connectivity index (χ4v) is 3.11. The van der Waals surface area contributed by atoms with E-state index in [1.807, 2.05) is 29.6 Å². The topological polar surface area (TPSA) is 101 Å². The van der Waals surface area contributed by atoms with Crippen LogP contribution in [0.2, 0.25) is 0 Å². The summed E-state index contributed by atoms with van der Waals surface area (Å²) in [6.07, 6.45) is 0.217. The molecule has 0 radical (unpaired) electrons. The highest BCUT2D eigenvalue weighted by molar-refractivity contribution is 7.17. The Kier molecular flexibility index (Phi) is 4.36. The normalized spacial score (nSPS) is 14.1. The molecule has 0 aliphatic carbocycles. The van der Waals surface area contributed by atoms with Gasteiger partial charge in [-0.15, -0.1) is 11.3 Å². The first kappa shape index (κ1) is 14.5. The van der Waals surface area contributed by atoms with Crippen LogP contribution in [0.5, 0.6) is 0 Å². The van der Waals surface area contributed by atoms with Crippen molar-refractivity contribution < 1.29 is 19.8 Å². The molecule has 0 bridgehead atoms. The van der Waals surface area contributed by atoms with Gasteiger partial charge in [-0.3, -0.25) is 9.59 Å². The van der Waals surface area contributed by atoms with Crippen LogP contribution in [-0.2, 0) is 16.0 Å². The standard InChI is InChI=1S/C14H15NO4S/c15-11(14(18)19)6-8(13(16)17)5-9-7-20-12-4-2-1-3-10(9)12/h1-4,7-8,11H,5-6,15H2,(H,16,17)(H,18,19)/t8-,11-/m1/s1. The van der Waals surface area contributed by atoms with Crippen molar-refractivity contribution >= 4 is 33.4 Å². The van der Waals surface area contributed by atoms with Crippen LogP contribution in [0.1, 0.15) is 12.0 Å². The number of aliphatic carboxylic acids is 2. The first-order valence-electron chi connectivity index (χ1n) is 6.15. The molecule has 1 heterocycles. The van der Waals surface area contributed by atoms with E-state index in [0.717, 1.165) is 15.6 Å². The van der Waals surface area contributed by atoms with Crippen LogP contribution in [0.15, 0.2) is 29.6 Å². The lowest BCUT2D eigenvalue weighted by atomic mass is 9.93. The molecule has 0 saturated carbocycles. The molecular formula is C14H15NO4S. The number of thiophene rings is 1. The molecule has 0 saturated heterocycles. The third-order valence-electron chi connectivity index (χ3n) is 3.23. The fourth-order valence-electron chi connectivity index (χ4n) is 2.14. The van der Waals surface area contributed by atoms with E-state index in [2.05, 4.69) is 0 Å². The summed E-state index contributed by atoms with van der Waals surface area (Å²) in [5.41, 5.74) is 6.36. The number of hydrogen-bond donors (Lipinski definition) is 3. The van der Waals surface area contributed by atoms with Gasteiger partial charge in [-0.05, 0) is 35.2 Å². The molecular weight excluding hydrogens is 278 g/mol. The number of nitrogens with two attached hydrogens (primary N) is 1. The lowest BCUT2D eigenvalue weighted by Crippen LogP contribution is -2.35. The Labute approximate surface area is 119 Å². The highest BCUT2D eigenvalue weighted by Gasteiger charge is 2.25. The molecule has 2 rings (SSSR count). The molecule has 2 atom stereocenters. The smallest absolute Gasteiger partial charge is 0.320 e. The van der Waals surface area contributed by atoms with Crippen LogP contribution in [-0.4, -0.2) is 28.2 Å². The lowest BCUT2D eigenvalue weighted by Gasteiger charge is -2.14. The molecule has 0 amide bonds. The average Bonchev–Trinajstić information content (AvgIpc) is 2.81. The van der Waals surface area contributed by atoms with E-state index in [0.29, 0.717) is 6.42 Å². The molecule has 4 N–H and O–H groups in total. The summed E-state index contributed by atoms with van der Waals surface area (Å²) in [5.74, 6) is -2.98. The maximum atomic E-state index is 11.3. The summed E-state index contributed by atoms with van der Waals surface area (Å²) >= 11 is 1.55. The van der Waals surface area contributed by atoms with E-state index in [1.54, 1.807) is 11.3 Å². The molecule has 0 aliphatic heterocycles. The summed E-state index contributed by atoms with van der Waals surface area (Å²) < 4.78 is 1.09.